The van der Waals surface area contributed by atoms with Crippen LogP contribution in [0.4, 0.5) is 0 Å². The first-order chi connectivity index (χ1) is 14.5. The van der Waals surface area contributed by atoms with Gasteiger partial charge in [0.25, 0.3) is 0 Å². The first-order valence-corrected chi connectivity index (χ1v) is 9.65. The van der Waals surface area contributed by atoms with Crippen LogP contribution in [0.5, 0.6) is 5.75 Å². The number of halogens is 1. The number of benzene rings is 3. The molecular weight excluding hydrogens is 414 g/mol. The number of carbonyl (C=O) groups excluding carboxylic acids is 2. The predicted octanol–water partition coefficient (Wildman–Crippen LogP) is 4.69. The Hall–Kier alpha value is -3.41. The van der Waals surface area contributed by atoms with Gasteiger partial charge in [-0.25, -0.2) is 0 Å². The van der Waals surface area contributed by atoms with Gasteiger partial charge in [0.15, 0.2) is 0 Å². The summed E-state index contributed by atoms with van der Waals surface area (Å²) in [4.78, 5) is 25.8. The number of aryl methyl sites for hydroxylation is 1. The number of aliphatic hydroxyl groups excluding tert-OH is 1. The quantitative estimate of drug-likeness (QED) is 0.506. The van der Waals surface area contributed by atoms with E-state index in [1.807, 2.05) is 37.3 Å². The number of ketones is 2. The molecule has 31 heavy (non-hydrogen) atoms. The van der Waals surface area contributed by atoms with Crippen molar-refractivity contribution in [2.45, 2.75) is 19.5 Å². The third-order valence-corrected chi connectivity index (χ3v) is 5.27. The Balaban J connectivity index is 0.00000272. The zero-order valence-electron chi connectivity index (χ0n) is 16.8. The number of fused-ring (bicyclic) bond motifs is 1. The summed E-state index contributed by atoms with van der Waals surface area (Å²) in [6, 6.07) is 20.2. The third-order valence-electron chi connectivity index (χ3n) is 5.27. The first kappa shape index (κ1) is 22.3. The van der Waals surface area contributed by atoms with Crippen LogP contribution >= 0.6 is 12.4 Å². The average Bonchev–Trinajstić information content (AvgIpc) is 2.77. The molecule has 0 aromatic heterocycles. The number of hydrogen-bond acceptors (Lipinski definition) is 5. The van der Waals surface area contributed by atoms with Gasteiger partial charge in [0.1, 0.15) is 11.5 Å². The summed E-state index contributed by atoms with van der Waals surface area (Å²) in [7, 11) is 0. The normalized spacial score (nSPS) is 14.1. The van der Waals surface area contributed by atoms with E-state index in [2.05, 4.69) is 5.32 Å². The lowest BCUT2D eigenvalue weighted by molar-refractivity contribution is -0.112. The van der Waals surface area contributed by atoms with Crippen LogP contribution in [-0.2, 0) is 11.3 Å². The molecular formula is C25H22ClNO4. The summed E-state index contributed by atoms with van der Waals surface area (Å²) in [5, 5.41) is 24.8. The van der Waals surface area contributed by atoms with E-state index in [4.69, 9.17) is 0 Å². The minimum Gasteiger partial charge on any atom is -0.508 e. The number of phenols is 1. The molecule has 1 unspecified atom stereocenters. The van der Waals surface area contributed by atoms with Crippen LogP contribution in [0.1, 0.15) is 38.7 Å². The minimum atomic E-state index is -0.866. The molecule has 1 aliphatic rings. The molecule has 6 heteroatoms. The van der Waals surface area contributed by atoms with E-state index in [9.17, 15) is 19.8 Å². The molecule has 1 aliphatic carbocycles. The molecule has 0 saturated carbocycles. The number of aromatic hydroxyl groups is 1. The molecule has 0 amide bonds. The summed E-state index contributed by atoms with van der Waals surface area (Å²) < 4.78 is 0. The van der Waals surface area contributed by atoms with Crippen molar-refractivity contribution in [3.8, 4) is 5.75 Å². The zero-order chi connectivity index (χ0) is 21.3. The van der Waals surface area contributed by atoms with Crippen molar-refractivity contribution in [2.24, 2.45) is 0 Å². The van der Waals surface area contributed by atoms with Crippen LogP contribution in [-0.4, -0.2) is 21.8 Å². The Bertz CT molecular complexity index is 1170. The van der Waals surface area contributed by atoms with Crippen LogP contribution in [0, 0.1) is 6.92 Å². The highest BCUT2D eigenvalue weighted by Gasteiger charge is 2.38. The van der Waals surface area contributed by atoms with Gasteiger partial charge in [-0.15, -0.1) is 12.4 Å². The van der Waals surface area contributed by atoms with E-state index < -0.39 is 17.6 Å². The fraction of sp³-hybridized carbons (Fsp3) is 0.120. The largest absolute Gasteiger partial charge is 0.508 e. The number of nitrogens with one attached hydrogen (secondary N) is 1. The Morgan fingerprint density at radius 1 is 0.839 bits per heavy atom. The maximum atomic E-state index is 13.0. The Morgan fingerprint density at radius 2 is 1.48 bits per heavy atom. The molecule has 158 valence electrons. The van der Waals surface area contributed by atoms with E-state index in [-0.39, 0.29) is 35.1 Å². The highest BCUT2D eigenvalue weighted by atomic mass is 35.5. The van der Waals surface area contributed by atoms with Gasteiger partial charge in [0, 0.05) is 23.2 Å². The van der Waals surface area contributed by atoms with Gasteiger partial charge in [-0.05, 0) is 18.6 Å². The van der Waals surface area contributed by atoms with Crippen LogP contribution in [0.3, 0.4) is 0 Å². The number of carbonyl (C=O) groups is 2. The lowest BCUT2D eigenvalue weighted by atomic mass is 9.82. The summed E-state index contributed by atoms with van der Waals surface area (Å²) >= 11 is 0. The highest BCUT2D eigenvalue weighted by molar-refractivity contribution is 6.52. The zero-order valence-corrected chi connectivity index (χ0v) is 17.6. The van der Waals surface area contributed by atoms with Crippen molar-refractivity contribution in [3.05, 3.63) is 106 Å². The molecule has 3 aromatic carbocycles. The number of Topliss-reactive ketones (excluding diaryl/α,β-unsaturated/α-hetero) is 2. The van der Waals surface area contributed by atoms with Gasteiger partial charge >= 0.3 is 0 Å². The standard InChI is InChI=1S/C25H21NO4.ClH/c1-15-11-12-20(27)19(13-15)22(26-14-16-7-3-2-4-8-16)21-23(28)17-9-5-6-10-18(17)24(29)25(21)30;/h2-13,22,26-28H,14H2,1H3;1H. The SMILES string of the molecule is Cc1ccc(O)c(C(NCc2ccccc2)C2=C(O)c3ccccc3C(=O)C2=O)c1.Cl. The molecule has 1 atom stereocenters. The molecule has 0 heterocycles. The van der Waals surface area contributed by atoms with E-state index in [1.54, 1.807) is 36.4 Å². The fourth-order valence-corrected chi connectivity index (χ4v) is 3.74. The lowest BCUT2D eigenvalue weighted by Gasteiger charge is -2.26. The molecule has 0 aliphatic heterocycles. The average molecular weight is 436 g/mol. The second-order valence-corrected chi connectivity index (χ2v) is 7.33. The Labute approximate surface area is 186 Å². The van der Waals surface area contributed by atoms with Gasteiger partial charge in [-0.2, -0.15) is 0 Å². The summed E-state index contributed by atoms with van der Waals surface area (Å²) in [6.07, 6.45) is 0. The van der Waals surface area contributed by atoms with E-state index in [1.165, 1.54) is 6.07 Å². The second-order valence-electron chi connectivity index (χ2n) is 7.33. The molecule has 0 spiro atoms. The van der Waals surface area contributed by atoms with Crippen molar-refractivity contribution >= 4 is 29.7 Å². The van der Waals surface area contributed by atoms with Crippen LogP contribution in [0.15, 0.2) is 78.4 Å². The molecule has 3 N–H and O–H groups in total. The molecule has 4 rings (SSSR count). The van der Waals surface area contributed by atoms with Gasteiger partial charge in [-0.1, -0.05) is 72.3 Å². The van der Waals surface area contributed by atoms with Crippen LogP contribution < -0.4 is 5.32 Å². The van der Waals surface area contributed by atoms with Gasteiger partial charge < -0.3 is 15.5 Å². The predicted molar refractivity (Wildman–Crippen MR) is 121 cm³/mol. The summed E-state index contributed by atoms with van der Waals surface area (Å²) in [6.45, 7) is 2.24. The maximum Gasteiger partial charge on any atom is 0.235 e. The molecule has 3 aromatic rings. The molecule has 0 saturated heterocycles. The van der Waals surface area contributed by atoms with E-state index in [0.717, 1.165) is 11.1 Å². The van der Waals surface area contributed by atoms with Crippen LogP contribution in [0.2, 0.25) is 0 Å². The smallest absolute Gasteiger partial charge is 0.235 e. The van der Waals surface area contributed by atoms with Crippen molar-refractivity contribution in [3.63, 3.8) is 0 Å². The number of aliphatic hydroxyl groups is 1. The lowest BCUT2D eigenvalue weighted by Crippen LogP contribution is -2.33. The molecule has 5 nitrogen and oxygen atoms in total. The minimum absolute atomic E-state index is 0. The second kappa shape index (κ2) is 9.16. The topological polar surface area (TPSA) is 86.6 Å². The number of rotatable bonds is 5. The van der Waals surface area contributed by atoms with Gasteiger partial charge in [0.2, 0.25) is 11.6 Å². The number of hydrogen-bond donors (Lipinski definition) is 3. The van der Waals surface area contributed by atoms with E-state index in [0.29, 0.717) is 17.7 Å². The fourth-order valence-electron chi connectivity index (χ4n) is 3.74. The molecule has 0 radical (unpaired) electrons. The van der Waals surface area contributed by atoms with Crippen LogP contribution in [0.25, 0.3) is 5.76 Å². The molecule has 0 fully saturated rings. The maximum absolute atomic E-state index is 13.0. The van der Waals surface area contributed by atoms with Gasteiger partial charge in [-0.3, -0.25) is 9.59 Å². The van der Waals surface area contributed by atoms with E-state index >= 15 is 0 Å². The van der Waals surface area contributed by atoms with Crippen molar-refractivity contribution < 1.29 is 19.8 Å². The highest BCUT2D eigenvalue weighted by Crippen LogP contribution is 2.38. The first-order valence-electron chi connectivity index (χ1n) is 9.65. The summed E-state index contributed by atoms with van der Waals surface area (Å²) in [5.74, 6) is -1.72. The Morgan fingerprint density at radius 3 is 2.19 bits per heavy atom. The van der Waals surface area contributed by atoms with Crippen molar-refractivity contribution in [1.29, 1.82) is 0 Å². The van der Waals surface area contributed by atoms with Crippen molar-refractivity contribution in [1.82, 2.24) is 5.32 Å². The molecule has 0 bridgehead atoms. The summed E-state index contributed by atoms with van der Waals surface area (Å²) in [5.41, 5.74) is 2.70. The van der Waals surface area contributed by atoms with Crippen molar-refractivity contribution in [2.75, 3.05) is 0 Å². The number of phenolic OH excluding ortho intramolecular Hbond substituents is 1. The van der Waals surface area contributed by atoms with Gasteiger partial charge in [0.05, 0.1) is 11.6 Å². The monoisotopic (exact) mass is 435 g/mol. The third kappa shape index (κ3) is 4.24. The Kier molecular flexibility index (Phi) is 6.59.